The third-order valence-corrected chi connectivity index (χ3v) is 2.41. The highest BCUT2D eigenvalue weighted by atomic mass is 32.1. The first kappa shape index (κ1) is 9.57. The molecular weight excluding hydrogens is 190 g/mol. The molecule has 0 aromatic carbocycles. The van der Waals surface area contributed by atoms with Crippen LogP contribution in [0, 0.1) is 6.92 Å². The largest absolute Gasteiger partial charge is 0.481 e. The standard InChI is InChI=1S/C7H7N3O2S/c1-4-2-5(9-10-8)6(13-4)3-7(11)12/h2H,3H2,1H3,(H,11,12). The van der Waals surface area contributed by atoms with Crippen LogP contribution in [0.3, 0.4) is 0 Å². The second-order valence-electron chi connectivity index (χ2n) is 2.43. The average Bonchev–Trinajstić information content (AvgIpc) is 2.31. The second-order valence-corrected chi connectivity index (χ2v) is 3.77. The van der Waals surface area contributed by atoms with Crippen molar-refractivity contribution in [2.24, 2.45) is 5.11 Å². The first-order valence-electron chi connectivity index (χ1n) is 3.49. The van der Waals surface area contributed by atoms with Gasteiger partial charge in [-0.2, -0.15) is 0 Å². The van der Waals surface area contributed by atoms with Crippen LogP contribution in [0.2, 0.25) is 0 Å². The lowest BCUT2D eigenvalue weighted by Gasteiger charge is -1.91. The molecule has 0 atom stereocenters. The van der Waals surface area contributed by atoms with Gasteiger partial charge in [0, 0.05) is 14.7 Å². The Kier molecular flexibility index (Phi) is 2.89. The summed E-state index contributed by atoms with van der Waals surface area (Å²) in [4.78, 5) is 14.6. The van der Waals surface area contributed by atoms with E-state index in [2.05, 4.69) is 10.0 Å². The summed E-state index contributed by atoms with van der Waals surface area (Å²) in [5.41, 5.74) is 8.63. The summed E-state index contributed by atoms with van der Waals surface area (Å²) in [5, 5.41) is 11.9. The van der Waals surface area contributed by atoms with Crippen molar-refractivity contribution in [3.63, 3.8) is 0 Å². The molecule has 0 aliphatic heterocycles. The summed E-state index contributed by atoms with van der Waals surface area (Å²) in [6.07, 6.45) is -0.0904. The highest BCUT2D eigenvalue weighted by Crippen LogP contribution is 2.29. The summed E-state index contributed by atoms with van der Waals surface area (Å²) >= 11 is 1.34. The van der Waals surface area contributed by atoms with Gasteiger partial charge in [-0.15, -0.1) is 11.3 Å². The van der Waals surface area contributed by atoms with Crippen molar-refractivity contribution in [2.45, 2.75) is 13.3 Å². The summed E-state index contributed by atoms with van der Waals surface area (Å²) in [6.45, 7) is 1.84. The van der Waals surface area contributed by atoms with Crippen LogP contribution in [0.15, 0.2) is 11.2 Å². The fourth-order valence-corrected chi connectivity index (χ4v) is 1.91. The van der Waals surface area contributed by atoms with Crippen molar-refractivity contribution in [3.8, 4) is 0 Å². The molecule has 0 saturated carbocycles. The first-order chi connectivity index (χ1) is 6.13. The number of aryl methyl sites for hydroxylation is 1. The van der Waals surface area contributed by atoms with Crippen molar-refractivity contribution < 1.29 is 9.90 Å². The quantitative estimate of drug-likeness (QED) is 0.458. The molecule has 6 heteroatoms. The Bertz CT molecular complexity index is 379. The van der Waals surface area contributed by atoms with Crippen LogP contribution in [0.1, 0.15) is 9.75 Å². The maximum absolute atomic E-state index is 10.4. The third kappa shape index (κ3) is 2.47. The van der Waals surface area contributed by atoms with E-state index < -0.39 is 5.97 Å². The Morgan fingerprint density at radius 3 is 3.08 bits per heavy atom. The SMILES string of the molecule is Cc1cc(N=[N+]=[N-])c(CC(=O)O)s1. The number of hydrogen-bond acceptors (Lipinski definition) is 3. The molecule has 1 aromatic heterocycles. The van der Waals surface area contributed by atoms with E-state index in [1.807, 2.05) is 6.92 Å². The van der Waals surface area contributed by atoms with Crippen LogP contribution in [0.4, 0.5) is 5.69 Å². The van der Waals surface area contributed by atoms with Gasteiger partial charge in [0.1, 0.15) is 0 Å². The van der Waals surface area contributed by atoms with E-state index in [0.29, 0.717) is 10.6 Å². The Morgan fingerprint density at radius 2 is 2.54 bits per heavy atom. The minimum Gasteiger partial charge on any atom is -0.481 e. The molecule has 68 valence electrons. The van der Waals surface area contributed by atoms with Crippen LogP contribution in [0.25, 0.3) is 10.4 Å². The second kappa shape index (κ2) is 3.93. The van der Waals surface area contributed by atoms with Crippen LogP contribution in [-0.2, 0) is 11.2 Å². The molecule has 0 radical (unpaired) electrons. The molecule has 1 heterocycles. The van der Waals surface area contributed by atoms with Gasteiger partial charge in [-0.3, -0.25) is 4.79 Å². The molecule has 1 aromatic rings. The van der Waals surface area contributed by atoms with E-state index in [4.69, 9.17) is 10.6 Å². The molecule has 0 unspecified atom stereocenters. The average molecular weight is 197 g/mol. The fourth-order valence-electron chi connectivity index (χ4n) is 0.946. The molecule has 0 bridgehead atoms. The topological polar surface area (TPSA) is 86.1 Å². The molecule has 13 heavy (non-hydrogen) atoms. The molecular formula is C7H7N3O2S. The zero-order valence-corrected chi connectivity index (χ0v) is 7.71. The molecule has 0 aliphatic rings. The fraction of sp³-hybridized carbons (Fsp3) is 0.286. The van der Waals surface area contributed by atoms with Crippen LogP contribution in [-0.4, -0.2) is 11.1 Å². The lowest BCUT2D eigenvalue weighted by atomic mass is 10.3. The van der Waals surface area contributed by atoms with E-state index in [-0.39, 0.29) is 6.42 Å². The maximum atomic E-state index is 10.4. The van der Waals surface area contributed by atoms with Crippen molar-refractivity contribution >= 4 is 23.0 Å². The van der Waals surface area contributed by atoms with E-state index in [1.54, 1.807) is 6.07 Å². The van der Waals surface area contributed by atoms with E-state index in [9.17, 15) is 4.79 Å². The highest BCUT2D eigenvalue weighted by Gasteiger charge is 2.08. The van der Waals surface area contributed by atoms with Crippen LogP contribution < -0.4 is 0 Å². The summed E-state index contributed by atoms with van der Waals surface area (Å²) in [5.74, 6) is -0.920. The summed E-state index contributed by atoms with van der Waals surface area (Å²) in [7, 11) is 0. The number of azide groups is 1. The number of carbonyl (C=O) groups is 1. The molecule has 0 spiro atoms. The molecule has 0 fully saturated rings. The highest BCUT2D eigenvalue weighted by molar-refractivity contribution is 7.12. The molecule has 1 rings (SSSR count). The van der Waals surface area contributed by atoms with Gasteiger partial charge in [-0.25, -0.2) is 0 Å². The minimum absolute atomic E-state index is 0.0904. The number of rotatable bonds is 3. The van der Waals surface area contributed by atoms with Crippen LogP contribution in [0.5, 0.6) is 0 Å². The number of nitrogens with zero attached hydrogens (tertiary/aromatic N) is 3. The Morgan fingerprint density at radius 1 is 1.85 bits per heavy atom. The first-order valence-corrected chi connectivity index (χ1v) is 4.31. The summed E-state index contributed by atoms with van der Waals surface area (Å²) < 4.78 is 0. The third-order valence-electron chi connectivity index (χ3n) is 1.37. The van der Waals surface area contributed by atoms with E-state index in [0.717, 1.165) is 4.88 Å². The van der Waals surface area contributed by atoms with Crippen molar-refractivity contribution in [2.75, 3.05) is 0 Å². The van der Waals surface area contributed by atoms with E-state index in [1.165, 1.54) is 11.3 Å². The zero-order valence-electron chi connectivity index (χ0n) is 6.89. The van der Waals surface area contributed by atoms with Gasteiger partial charge in [0.05, 0.1) is 12.1 Å². The summed E-state index contributed by atoms with van der Waals surface area (Å²) in [6, 6.07) is 1.68. The number of hydrogen-bond donors (Lipinski definition) is 1. The number of carboxylic acids is 1. The van der Waals surface area contributed by atoms with Gasteiger partial charge in [0.25, 0.3) is 0 Å². The minimum atomic E-state index is -0.920. The molecule has 0 saturated heterocycles. The van der Waals surface area contributed by atoms with Gasteiger partial charge in [0.15, 0.2) is 0 Å². The normalized spacial score (nSPS) is 9.31. The molecule has 5 nitrogen and oxygen atoms in total. The van der Waals surface area contributed by atoms with Crippen molar-refractivity contribution in [1.82, 2.24) is 0 Å². The Balaban J connectivity index is 3.03. The predicted octanol–water partition coefficient (Wildman–Crippen LogP) is 2.63. The lowest BCUT2D eigenvalue weighted by molar-refractivity contribution is -0.136. The Hall–Kier alpha value is -1.52. The van der Waals surface area contributed by atoms with Gasteiger partial charge in [-0.05, 0) is 18.5 Å². The molecule has 0 amide bonds. The maximum Gasteiger partial charge on any atom is 0.308 e. The number of aliphatic carboxylic acids is 1. The molecule has 0 aliphatic carbocycles. The van der Waals surface area contributed by atoms with Gasteiger partial charge in [0.2, 0.25) is 0 Å². The zero-order chi connectivity index (χ0) is 9.84. The molecule has 1 N–H and O–H groups in total. The van der Waals surface area contributed by atoms with E-state index >= 15 is 0 Å². The van der Waals surface area contributed by atoms with Gasteiger partial charge >= 0.3 is 5.97 Å². The lowest BCUT2D eigenvalue weighted by Crippen LogP contribution is -1.97. The van der Waals surface area contributed by atoms with Crippen molar-refractivity contribution in [3.05, 3.63) is 26.3 Å². The van der Waals surface area contributed by atoms with Crippen molar-refractivity contribution in [1.29, 1.82) is 0 Å². The Labute approximate surface area is 78.3 Å². The monoisotopic (exact) mass is 197 g/mol. The van der Waals surface area contributed by atoms with Crippen LogP contribution >= 0.6 is 11.3 Å². The smallest absolute Gasteiger partial charge is 0.308 e. The van der Waals surface area contributed by atoms with Gasteiger partial charge in [-0.1, -0.05) is 5.11 Å². The predicted molar refractivity (Wildman–Crippen MR) is 49.2 cm³/mol. The number of carboxylic acid groups (broad SMARTS) is 1. The van der Waals surface area contributed by atoms with Gasteiger partial charge < -0.3 is 5.11 Å². The number of thiophene rings is 1.